The predicted molar refractivity (Wildman–Crippen MR) is 102 cm³/mol. The Morgan fingerprint density at radius 3 is 2.46 bits per heavy atom. The van der Waals surface area contributed by atoms with Gasteiger partial charge in [-0.1, -0.05) is 18.2 Å². The molecule has 0 aliphatic carbocycles. The second-order valence-corrected chi connectivity index (χ2v) is 8.14. The van der Waals surface area contributed by atoms with E-state index in [-0.39, 0.29) is 10.8 Å². The lowest BCUT2D eigenvalue weighted by Gasteiger charge is -2.17. The van der Waals surface area contributed by atoms with Gasteiger partial charge in [-0.15, -0.1) is 0 Å². The molecule has 0 spiro atoms. The number of benzene rings is 2. The number of sulfonamides is 1. The topological polar surface area (TPSA) is 78.5 Å². The first-order valence-electron chi connectivity index (χ1n) is 8.61. The van der Waals surface area contributed by atoms with Gasteiger partial charge in [0.25, 0.3) is 15.9 Å². The van der Waals surface area contributed by atoms with Gasteiger partial charge in [0.1, 0.15) is 0 Å². The van der Waals surface area contributed by atoms with Crippen molar-refractivity contribution < 1.29 is 13.2 Å². The Hall–Kier alpha value is -2.38. The molecule has 0 radical (unpaired) electrons. The number of hydrogen-bond donors (Lipinski definition) is 2. The molecule has 2 aromatic carbocycles. The molecule has 26 heavy (non-hydrogen) atoms. The van der Waals surface area contributed by atoms with E-state index in [0.29, 0.717) is 17.2 Å². The van der Waals surface area contributed by atoms with Crippen molar-refractivity contribution >= 4 is 21.6 Å². The maximum Gasteiger partial charge on any atom is 0.261 e. The van der Waals surface area contributed by atoms with Crippen molar-refractivity contribution in [3.8, 4) is 0 Å². The van der Waals surface area contributed by atoms with E-state index in [9.17, 15) is 13.2 Å². The third-order valence-corrected chi connectivity index (χ3v) is 5.90. The summed E-state index contributed by atoms with van der Waals surface area (Å²) in [6.45, 7) is 2.36. The second kappa shape index (κ2) is 7.88. The summed E-state index contributed by atoms with van der Waals surface area (Å²) in [7, 11) is -1.76. The molecule has 0 saturated carbocycles. The summed E-state index contributed by atoms with van der Waals surface area (Å²) >= 11 is 0. The van der Waals surface area contributed by atoms with Gasteiger partial charge in [-0.3, -0.25) is 9.52 Å². The zero-order valence-corrected chi connectivity index (χ0v) is 15.5. The molecular formula is C19H23N3O3S. The SMILES string of the molecule is CNCC1CCN(C(=O)c2ccc(S(=O)(=O)Nc3ccccc3)cc2)C1. The van der Waals surface area contributed by atoms with E-state index in [1.54, 1.807) is 36.4 Å². The molecule has 1 heterocycles. The van der Waals surface area contributed by atoms with E-state index in [4.69, 9.17) is 0 Å². The van der Waals surface area contributed by atoms with Crippen LogP contribution in [-0.2, 0) is 10.0 Å². The van der Waals surface area contributed by atoms with Crippen LogP contribution in [0.2, 0.25) is 0 Å². The highest BCUT2D eigenvalue weighted by atomic mass is 32.2. The maximum absolute atomic E-state index is 12.6. The van der Waals surface area contributed by atoms with Crippen LogP contribution in [0.15, 0.2) is 59.5 Å². The lowest BCUT2D eigenvalue weighted by molar-refractivity contribution is 0.0787. The Labute approximate surface area is 154 Å². The highest BCUT2D eigenvalue weighted by molar-refractivity contribution is 7.92. The summed E-state index contributed by atoms with van der Waals surface area (Å²) in [6, 6.07) is 14.8. The minimum Gasteiger partial charge on any atom is -0.338 e. The van der Waals surface area contributed by atoms with Crippen molar-refractivity contribution in [1.82, 2.24) is 10.2 Å². The monoisotopic (exact) mass is 373 g/mol. The molecule has 138 valence electrons. The molecule has 1 fully saturated rings. The molecule has 1 aliphatic rings. The zero-order valence-electron chi connectivity index (χ0n) is 14.7. The van der Waals surface area contributed by atoms with E-state index in [1.807, 2.05) is 18.0 Å². The molecule has 1 saturated heterocycles. The number of amides is 1. The van der Waals surface area contributed by atoms with Crippen molar-refractivity contribution in [3.63, 3.8) is 0 Å². The van der Waals surface area contributed by atoms with Gasteiger partial charge in [0, 0.05) is 24.3 Å². The number of carbonyl (C=O) groups excluding carboxylic acids is 1. The predicted octanol–water partition coefficient (Wildman–Crippen LogP) is 2.17. The van der Waals surface area contributed by atoms with Crippen LogP contribution < -0.4 is 10.0 Å². The minimum absolute atomic E-state index is 0.0523. The van der Waals surface area contributed by atoms with Crippen LogP contribution in [0.4, 0.5) is 5.69 Å². The summed E-state index contributed by atoms with van der Waals surface area (Å²) < 4.78 is 27.4. The number of hydrogen-bond acceptors (Lipinski definition) is 4. The van der Waals surface area contributed by atoms with Gasteiger partial charge in [-0.25, -0.2) is 8.42 Å². The van der Waals surface area contributed by atoms with Crippen LogP contribution in [0.3, 0.4) is 0 Å². The van der Waals surface area contributed by atoms with Gasteiger partial charge in [0.15, 0.2) is 0 Å². The molecule has 2 N–H and O–H groups in total. The summed E-state index contributed by atoms with van der Waals surface area (Å²) in [5.74, 6) is 0.419. The smallest absolute Gasteiger partial charge is 0.261 e. The molecule has 6 nitrogen and oxygen atoms in total. The van der Waals surface area contributed by atoms with E-state index in [1.165, 1.54) is 12.1 Å². The molecule has 0 aromatic heterocycles. The summed E-state index contributed by atoms with van der Waals surface area (Å²) in [5.41, 5.74) is 1.01. The van der Waals surface area contributed by atoms with Crippen molar-refractivity contribution in [2.45, 2.75) is 11.3 Å². The third kappa shape index (κ3) is 4.23. The van der Waals surface area contributed by atoms with Gasteiger partial charge in [-0.05, 0) is 62.3 Å². The number of rotatable bonds is 6. The van der Waals surface area contributed by atoms with Crippen LogP contribution in [0, 0.1) is 5.92 Å². The second-order valence-electron chi connectivity index (χ2n) is 6.46. The fraction of sp³-hybridized carbons (Fsp3) is 0.316. The Balaban J connectivity index is 1.69. The molecule has 3 rings (SSSR count). The summed E-state index contributed by atoms with van der Waals surface area (Å²) in [5, 5.41) is 3.14. The Morgan fingerprint density at radius 1 is 1.12 bits per heavy atom. The molecular weight excluding hydrogens is 350 g/mol. The van der Waals surface area contributed by atoms with Gasteiger partial charge < -0.3 is 10.2 Å². The lowest BCUT2D eigenvalue weighted by atomic mass is 10.1. The van der Waals surface area contributed by atoms with Crippen LogP contribution in [-0.4, -0.2) is 45.9 Å². The van der Waals surface area contributed by atoms with Crippen LogP contribution in [0.25, 0.3) is 0 Å². The fourth-order valence-electron chi connectivity index (χ4n) is 3.15. The van der Waals surface area contributed by atoms with Gasteiger partial charge in [-0.2, -0.15) is 0 Å². The minimum atomic E-state index is -3.67. The van der Waals surface area contributed by atoms with Crippen LogP contribution in [0.1, 0.15) is 16.8 Å². The molecule has 0 bridgehead atoms. The molecule has 7 heteroatoms. The number of nitrogens with zero attached hydrogens (tertiary/aromatic N) is 1. The first-order valence-corrected chi connectivity index (χ1v) is 10.1. The normalized spacial score (nSPS) is 17.3. The van der Waals surface area contributed by atoms with Crippen molar-refractivity contribution in [2.75, 3.05) is 31.4 Å². The van der Waals surface area contributed by atoms with Gasteiger partial charge in [0.05, 0.1) is 4.90 Å². The van der Waals surface area contributed by atoms with E-state index in [0.717, 1.165) is 26.1 Å². The number of carbonyl (C=O) groups is 1. The maximum atomic E-state index is 12.6. The van der Waals surface area contributed by atoms with E-state index < -0.39 is 10.0 Å². The third-order valence-electron chi connectivity index (χ3n) is 4.50. The zero-order chi connectivity index (χ0) is 18.6. The summed E-state index contributed by atoms with van der Waals surface area (Å²) in [6.07, 6.45) is 0.986. The van der Waals surface area contributed by atoms with Crippen molar-refractivity contribution in [1.29, 1.82) is 0 Å². The molecule has 1 atom stereocenters. The van der Waals surface area contributed by atoms with Crippen molar-refractivity contribution in [3.05, 3.63) is 60.2 Å². The lowest BCUT2D eigenvalue weighted by Crippen LogP contribution is -2.30. The molecule has 1 unspecified atom stereocenters. The van der Waals surface area contributed by atoms with Crippen molar-refractivity contribution in [2.24, 2.45) is 5.92 Å². The Morgan fingerprint density at radius 2 is 1.81 bits per heavy atom. The number of anilines is 1. The average molecular weight is 373 g/mol. The highest BCUT2D eigenvalue weighted by Gasteiger charge is 2.26. The van der Waals surface area contributed by atoms with E-state index >= 15 is 0 Å². The standard InChI is InChI=1S/C19H23N3O3S/c1-20-13-15-11-12-22(14-15)19(23)16-7-9-18(10-8-16)26(24,25)21-17-5-3-2-4-6-17/h2-10,15,20-21H,11-14H2,1H3. The van der Waals surface area contributed by atoms with Crippen LogP contribution in [0.5, 0.6) is 0 Å². The summed E-state index contributed by atoms with van der Waals surface area (Å²) in [4.78, 5) is 14.5. The highest BCUT2D eigenvalue weighted by Crippen LogP contribution is 2.20. The Kier molecular flexibility index (Phi) is 5.58. The number of para-hydroxylation sites is 1. The van der Waals surface area contributed by atoms with Crippen LogP contribution >= 0.6 is 0 Å². The first kappa shape index (κ1) is 18.4. The Bertz CT molecular complexity index is 851. The fourth-order valence-corrected chi connectivity index (χ4v) is 4.21. The average Bonchev–Trinajstić information content (AvgIpc) is 3.11. The van der Waals surface area contributed by atoms with E-state index in [2.05, 4.69) is 10.0 Å². The molecule has 1 aliphatic heterocycles. The van der Waals surface area contributed by atoms with Gasteiger partial charge in [0.2, 0.25) is 0 Å². The quantitative estimate of drug-likeness (QED) is 0.813. The van der Waals surface area contributed by atoms with Gasteiger partial charge >= 0.3 is 0 Å². The largest absolute Gasteiger partial charge is 0.338 e. The number of likely N-dealkylation sites (tertiary alicyclic amines) is 1. The molecule has 1 amide bonds. The number of nitrogens with one attached hydrogen (secondary N) is 2. The first-order chi connectivity index (χ1) is 12.5. The molecule has 2 aromatic rings.